The number of rotatable bonds is 23. The van der Waals surface area contributed by atoms with E-state index in [2.05, 4.69) is 0 Å². The molecule has 2 N–H and O–H groups in total. The van der Waals surface area contributed by atoms with Gasteiger partial charge < -0.3 is 29.2 Å². The summed E-state index contributed by atoms with van der Waals surface area (Å²) in [5.74, 6) is -2.08. The van der Waals surface area contributed by atoms with Crippen LogP contribution in [-0.2, 0) is 33.3 Å². The number of fused-ring (bicyclic) bond motifs is 1. The molecule has 0 heterocycles. The summed E-state index contributed by atoms with van der Waals surface area (Å²) < 4.78 is 21.4. The van der Waals surface area contributed by atoms with Crippen molar-refractivity contribution in [2.75, 3.05) is 39.6 Å². The molecule has 0 saturated carbocycles. The molecule has 10 nitrogen and oxygen atoms in total. The minimum atomic E-state index is -0.500. The molecule has 0 spiro atoms. The highest BCUT2D eigenvalue weighted by atomic mass is 16.6. The number of hydrogen-bond acceptors (Lipinski definition) is 10. The average Bonchev–Trinajstić information content (AvgIpc) is 3.02. The van der Waals surface area contributed by atoms with E-state index in [1.807, 2.05) is 36.4 Å². The van der Waals surface area contributed by atoms with Crippen molar-refractivity contribution in [1.82, 2.24) is 0 Å². The molecule has 238 valence electrons. The molecule has 0 fully saturated rings. The molecule has 0 aromatic heterocycles. The molecule has 0 radical (unpaired) electrons. The van der Waals surface area contributed by atoms with Crippen LogP contribution in [0.25, 0.3) is 10.8 Å². The van der Waals surface area contributed by atoms with E-state index in [0.717, 1.165) is 10.8 Å². The van der Waals surface area contributed by atoms with Crippen LogP contribution in [0, 0.1) is 5.92 Å². The first-order valence-corrected chi connectivity index (χ1v) is 15.3. The van der Waals surface area contributed by atoms with E-state index in [-0.39, 0.29) is 64.9 Å². The summed E-state index contributed by atoms with van der Waals surface area (Å²) in [6.07, 6.45) is 6.32. The Labute approximate surface area is 253 Å². The number of unbranched alkanes of at least 4 members (excludes halogenated alkanes) is 6. The number of aliphatic hydroxyl groups is 2. The van der Waals surface area contributed by atoms with Crippen LogP contribution < -0.4 is 0 Å². The van der Waals surface area contributed by atoms with Crippen LogP contribution in [0.2, 0.25) is 0 Å². The van der Waals surface area contributed by atoms with E-state index in [9.17, 15) is 19.2 Å². The number of carbonyl (C=O) groups is 4. The smallest absolute Gasteiger partial charge is 0.338 e. The third-order valence-electron chi connectivity index (χ3n) is 6.79. The second-order valence-electron chi connectivity index (χ2n) is 10.5. The van der Waals surface area contributed by atoms with Crippen LogP contribution in [0.3, 0.4) is 0 Å². The zero-order valence-corrected chi connectivity index (χ0v) is 25.0. The van der Waals surface area contributed by atoms with Crippen molar-refractivity contribution in [2.45, 2.75) is 77.0 Å². The summed E-state index contributed by atoms with van der Waals surface area (Å²) in [5, 5.41) is 19.5. The minimum Gasteiger partial charge on any atom is -0.465 e. The van der Waals surface area contributed by atoms with Gasteiger partial charge >= 0.3 is 23.9 Å². The summed E-state index contributed by atoms with van der Waals surface area (Å²) in [6, 6.07) is 13.1. The number of aliphatic hydroxyl groups excluding tert-OH is 2. The number of benzene rings is 2. The van der Waals surface area contributed by atoms with Gasteiger partial charge in [0.05, 0.1) is 18.1 Å². The van der Waals surface area contributed by atoms with E-state index in [4.69, 9.17) is 29.2 Å². The summed E-state index contributed by atoms with van der Waals surface area (Å²) in [5.41, 5.74) is 0.524. The first-order chi connectivity index (χ1) is 20.9. The average molecular weight is 603 g/mol. The third-order valence-corrected chi connectivity index (χ3v) is 6.79. The van der Waals surface area contributed by atoms with Gasteiger partial charge in [-0.25, -0.2) is 4.79 Å². The van der Waals surface area contributed by atoms with Gasteiger partial charge in [-0.2, -0.15) is 0 Å². The molecule has 0 bridgehead atoms. The lowest BCUT2D eigenvalue weighted by Gasteiger charge is -2.17. The lowest BCUT2D eigenvalue weighted by atomic mass is 10.0. The van der Waals surface area contributed by atoms with Crippen molar-refractivity contribution in [3.8, 4) is 0 Å². The van der Waals surface area contributed by atoms with Gasteiger partial charge in [0.25, 0.3) is 0 Å². The van der Waals surface area contributed by atoms with E-state index in [1.165, 1.54) is 0 Å². The molecule has 43 heavy (non-hydrogen) atoms. The molecular formula is C33H46O10. The Morgan fingerprint density at radius 1 is 0.558 bits per heavy atom. The standard InChI is InChI=1S/C33H46O10/c34-20-9-1-4-17-30(36)41-23-26(24-42-31(37)18-5-2-10-21-35)25-43-32(38)19-6-3-11-22-40-33(39)29-16-12-14-27-13-7-8-15-28(27)29/h7-8,12-16,26,34-35H,1-6,9-11,17-25H2. The molecule has 0 atom stereocenters. The van der Waals surface area contributed by atoms with Gasteiger partial charge in [-0.05, 0) is 61.8 Å². The number of ether oxygens (including phenoxy) is 4. The zero-order chi connectivity index (χ0) is 31.1. The fraction of sp³-hybridized carbons (Fsp3) is 0.576. The largest absolute Gasteiger partial charge is 0.465 e. The first kappa shape index (κ1) is 35.7. The van der Waals surface area contributed by atoms with Crippen LogP contribution in [0.5, 0.6) is 0 Å². The third kappa shape index (κ3) is 15.5. The quantitative estimate of drug-likeness (QED) is 0.102. The van der Waals surface area contributed by atoms with Crippen LogP contribution in [-0.4, -0.2) is 73.7 Å². The molecule has 0 amide bonds. The second-order valence-corrected chi connectivity index (χ2v) is 10.5. The first-order valence-electron chi connectivity index (χ1n) is 15.3. The Bertz CT molecular complexity index is 1080. The molecule has 0 aliphatic heterocycles. The summed E-state index contributed by atoms with van der Waals surface area (Å²) in [4.78, 5) is 48.9. The molecule has 2 rings (SSSR count). The Morgan fingerprint density at radius 2 is 1.05 bits per heavy atom. The SMILES string of the molecule is O=C(CCCCCO)OCC(COC(=O)CCCCCO)COC(=O)CCCCCOC(=O)c1cccc2ccccc12. The van der Waals surface area contributed by atoms with E-state index in [1.54, 1.807) is 6.07 Å². The van der Waals surface area contributed by atoms with E-state index < -0.39 is 23.8 Å². The number of hydrogen-bond donors (Lipinski definition) is 2. The molecule has 0 aliphatic carbocycles. The highest BCUT2D eigenvalue weighted by molar-refractivity contribution is 6.04. The van der Waals surface area contributed by atoms with Crippen LogP contribution >= 0.6 is 0 Å². The Balaban J connectivity index is 1.68. The summed E-state index contributed by atoms with van der Waals surface area (Å²) >= 11 is 0. The van der Waals surface area contributed by atoms with Gasteiger partial charge in [0, 0.05) is 32.5 Å². The fourth-order valence-corrected chi connectivity index (χ4v) is 4.30. The van der Waals surface area contributed by atoms with Crippen molar-refractivity contribution in [2.24, 2.45) is 5.92 Å². The maximum absolute atomic E-state index is 12.5. The van der Waals surface area contributed by atoms with Crippen molar-refractivity contribution < 1.29 is 48.3 Å². The summed E-state index contributed by atoms with van der Waals surface area (Å²) in [6.45, 7) is 0.241. The highest BCUT2D eigenvalue weighted by Crippen LogP contribution is 2.19. The van der Waals surface area contributed by atoms with Gasteiger partial charge in [0.15, 0.2) is 0 Å². The number of esters is 4. The van der Waals surface area contributed by atoms with Crippen molar-refractivity contribution in [3.63, 3.8) is 0 Å². The van der Waals surface area contributed by atoms with Crippen LogP contribution in [0.1, 0.15) is 87.4 Å². The molecule has 0 unspecified atom stereocenters. The normalized spacial score (nSPS) is 11.0. The monoisotopic (exact) mass is 602 g/mol. The minimum absolute atomic E-state index is 0.0496. The fourth-order valence-electron chi connectivity index (χ4n) is 4.30. The predicted molar refractivity (Wildman–Crippen MR) is 160 cm³/mol. The molecule has 0 saturated heterocycles. The van der Waals surface area contributed by atoms with Gasteiger partial charge in [-0.3, -0.25) is 14.4 Å². The Hall–Kier alpha value is -3.50. The second kappa shape index (κ2) is 22.1. The van der Waals surface area contributed by atoms with Gasteiger partial charge in [0.2, 0.25) is 0 Å². The molecule has 0 aliphatic rings. The van der Waals surface area contributed by atoms with Crippen molar-refractivity contribution in [1.29, 1.82) is 0 Å². The molecule has 2 aromatic rings. The van der Waals surface area contributed by atoms with Crippen LogP contribution in [0.15, 0.2) is 42.5 Å². The van der Waals surface area contributed by atoms with E-state index in [0.29, 0.717) is 63.4 Å². The van der Waals surface area contributed by atoms with Gasteiger partial charge in [-0.1, -0.05) is 49.2 Å². The summed E-state index contributed by atoms with van der Waals surface area (Å²) in [7, 11) is 0. The Morgan fingerprint density at radius 3 is 1.58 bits per heavy atom. The van der Waals surface area contributed by atoms with E-state index >= 15 is 0 Å². The van der Waals surface area contributed by atoms with Crippen LogP contribution in [0.4, 0.5) is 0 Å². The Kier molecular flexibility index (Phi) is 18.3. The zero-order valence-electron chi connectivity index (χ0n) is 25.0. The van der Waals surface area contributed by atoms with Crippen molar-refractivity contribution in [3.05, 3.63) is 48.0 Å². The molecule has 10 heteroatoms. The lowest BCUT2D eigenvalue weighted by molar-refractivity contribution is -0.153. The number of carbonyl (C=O) groups excluding carboxylic acids is 4. The lowest BCUT2D eigenvalue weighted by Crippen LogP contribution is -2.26. The molecule has 2 aromatic carbocycles. The van der Waals surface area contributed by atoms with Gasteiger partial charge in [0.1, 0.15) is 19.8 Å². The van der Waals surface area contributed by atoms with Crippen molar-refractivity contribution >= 4 is 34.6 Å². The predicted octanol–water partition coefficient (Wildman–Crippen LogP) is 4.91. The maximum Gasteiger partial charge on any atom is 0.338 e. The van der Waals surface area contributed by atoms with Gasteiger partial charge in [-0.15, -0.1) is 0 Å². The topological polar surface area (TPSA) is 146 Å². The molecular weight excluding hydrogens is 556 g/mol. The highest BCUT2D eigenvalue weighted by Gasteiger charge is 2.18. The maximum atomic E-state index is 12.5.